The summed E-state index contributed by atoms with van der Waals surface area (Å²) in [5.74, 6) is 0. The van der Waals surface area contributed by atoms with Crippen LogP contribution in [-0.2, 0) is 0 Å². The molecule has 0 aromatic heterocycles. The van der Waals surface area contributed by atoms with Crippen molar-refractivity contribution in [2.45, 2.75) is 38.3 Å². The van der Waals surface area contributed by atoms with Crippen molar-refractivity contribution < 1.29 is 0 Å². The quantitative estimate of drug-likeness (QED) is 0.867. The Balaban J connectivity index is 2.03. The van der Waals surface area contributed by atoms with Gasteiger partial charge >= 0.3 is 0 Å². The third-order valence-electron chi connectivity index (χ3n) is 3.64. The number of hydrogen-bond donors (Lipinski definition) is 2. The number of anilines is 2. The average Bonchev–Trinajstić information content (AvgIpc) is 2.81. The van der Waals surface area contributed by atoms with E-state index in [1.807, 2.05) is 26.2 Å². The molecular weight excluding hydrogens is 258 g/mol. The monoisotopic (exact) mass is 281 g/mol. The van der Waals surface area contributed by atoms with Gasteiger partial charge in [0.15, 0.2) is 0 Å². The lowest BCUT2D eigenvalue weighted by molar-refractivity contribution is 0.523. The number of halogens is 1. The van der Waals surface area contributed by atoms with Gasteiger partial charge in [-0.15, -0.1) is 0 Å². The van der Waals surface area contributed by atoms with E-state index in [4.69, 9.17) is 11.6 Å². The van der Waals surface area contributed by atoms with Gasteiger partial charge in [0.05, 0.1) is 16.4 Å². The number of rotatable bonds is 5. The minimum atomic E-state index is 0.438. The van der Waals surface area contributed by atoms with Gasteiger partial charge in [0.2, 0.25) is 0 Å². The molecule has 4 heteroatoms. The number of benzene rings is 1. The maximum absolute atomic E-state index is 6.28. The van der Waals surface area contributed by atoms with E-state index in [-0.39, 0.29) is 0 Å². The molecule has 1 aliphatic rings. The molecule has 0 radical (unpaired) electrons. The van der Waals surface area contributed by atoms with E-state index in [0.717, 1.165) is 29.4 Å². The summed E-state index contributed by atoms with van der Waals surface area (Å²) in [5, 5.41) is 7.93. The number of hydrogen-bond acceptors (Lipinski definition) is 3. The van der Waals surface area contributed by atoms with E-state index in [1.54, 1.807) is 0 Å². The number of para-hydroxylation sites is 1. The minimum absolute atomic E-state index is 0.438. The molecule has 1 aromatic carbocycles. The van der Waals surface area contributed by atoms with E-state index in [1.165, 1.54) is 12.8 Å². The van der Waals surface area contributed by atoms with Gasteiger partial charge in [-0.1, -0.05) is 17.7 Å². The first-order valence-electron chi connectivity index (χ1n) is 7.03. The predicted molar refractivity (Wildman–Crippen MR) is 84.5 cm³/mol. The zero-order valence-electron chi connectivity index (χ0n) is 12.0. The average molecular weight is 282 g/mol. The molecule has 1 aromatic rings. The summed E-state index contributed by atoms with van der Waals surface area (Å²) < 4.78 is 0. The van der Waals surface area contributed by atoms with E-state index >= 15 is 0 Å². The maximum atomic E-state index is 6.28. The zero-order chi connectivity index (χ0) is 13.8. The molecule has 2 N–H and O–H groups in total. The normalized spacial score (nSPS) is 20.3. The van der Waals surface area contributed by atoms with Crippen LogP contribution in [0.5, 0.6) is 0 Å². The van der Waals surface area contributed by atoms with Gasteiger partial charge in [-0.25, -0.2) is 0 Å². The van der Waals surface area contributed by atoms with Crippen molar-refractivity contribution in [2.24, 2.45) is 0 Å². The van der Waals surface area contributed by atoms with Crippen molar-refractivity contribution >= 4 is 23.0 Å². The highest BCUT2D eigenvalue weighted by Gasteiger charge is 2.18. The molecule has 0 bridgehead atoms. The number of nitrogens with one attached hydrogen (secondary N) is 2. The molecule has 0 saturated carbocycles. The van der Waals surface area contributed by atoms with Gasteiger partial charge in [-0.2, -0.15) is 0 Å². The lowest BCUT2D eigenvalue weighted by Gasteiger charge is -2.24. The first-order chi connectivity index (χ1) is 9.08. The molecule has 106 valence electrons. The molecule has 19 heavy (non-hydrogen) atoms. The fraction of sp³-hybridized carbons (Fsp3) is 0.600. The Bertz CT molecular complexity index is 414. The Hall–Kier alpha value is -0.930. The van der Waals surface area contributed by atoms with Crippen molar-refractivity contribution in [1.82, 2.24) is 5.32 Å². The summed E-state index contributed by atoms with van der Waals surface area (Å²) in [6.45, 7) is 3.40. The third kappa shape index (κ3) is 3.77. The SMILES string of the molecule is CC(CC1CCCN1)Nc1cccc(Cl)c1N(C)C. The van der Waals surface area contributed by atoms with E-state index in [2.05, 4.69) is 28.5 Å². The second kappa shape index (κ2) is 6.49. The number of nitrogens with zero attached hydrogens (tertiary/aromatic N) is 1. The summed E-state index contributed by atoms with van der Waals surface area (Å²) in [7, 11) is 4.05. The van der Waals surface area contributed by atoms with Crippen molar-refractivity contribution in [3.8, 4) is 0 Å². The van der Waals surface area contributed by atoms with Crippen LogP contribution in [-0.4, -0.2) is 32.7 Å². The molecule has 2 unspecified atom stereocenters. The van der Waals surface area contributed by atoms with Gasteiger partial charge < -0.3 is 15.5 Å². The molecule has 2 atom stereocenters. The van der Waals surface area contributed by atoms with Crippen LogP contribution >= 0.6 is 11.6 Å². The van der Waals surface area contributed by atoms with Gasteiger partial charge in [-0.05, 0) is 44.9 Å². The smallest absolute Gasteiger partial charge is 0.0786 e. The van der Waals surface area contributed by atoms with Crippen LogP contribution < -0.4 is 15.5 Å². The highest BCUT2D eigenvalue weighted by Crippen LogP contribution is 2.33. The summed E-state index contributed by atoms with van der Waals surface area (Å²) in [5.41, 5.74) is 2.18. The molecule has 2 rings (SSSR count). The molecule has 1 aliphatic heterocycles. The first-order valence-corrected chi connectivity index (χ1v) is 7.41. The van der Waals surface area contributed by atoms with Gasteiger partial charge in [0.1, 0.15) is 0 Å². The van der Waals surface area contributed by atoms with Crippen LogP contribution in [0, 0.1) is 0 Å². The van der Waals surface area contributed by atoms with Crippen LogP contribution in [0.1, 0.15) is 26.2 Å². The Labute approximate surface area is 121 Å². The van der Waals surface area contributed by atoms with E-state index < -0.39 is 0 Å². The summed E-state index contributed by atoms with van der Waals surface area (Å²) in [4.78, 5) is 2.06. The Morgan fingerprint density at radius 3 is 2.89 bits per heavy atom. The molecule has 0 aliphatic carbocycles. The van der Waals surface area contributed by atoms with Gasteiger partial charge in [0.25, 0.3) is 0 Å². The standard InChI is InChI=1S/C15H24ClN3/c1-11(10-12-6-5-9-17-12)18-14-8-4-7-13(16)15(14)19(2)3/h4,7-8,11-12,17-18H,5-6,9-10H2,1-3H3. The van der Waals surface area contributed by atoms with Gasteiger partial charge in [-0.3, -0.25) is 0 Å². The van der Waals surface area contributed by atoms with Crippen molar-refractivity contribution in [2.75, 3.05) is 30.9 Å². The minimum Gasteiger partial charge on any atom is -0.381 e. The van der Waals surface area contributed by atoms with Crippen LogP contribution in [0.15, 0.2) is 18.2 Å². The van der Waals surface area contributed by atoms with E-state index in [0.29, 0.717) is 12.1 Å². The van der Waals surface area contributed by atoms with Crippen molar-refractivity contribution in [3.63, 3.8) is 0 Å². The third-order valence-corrected chi connectivity index (χ3v) is 3.94. The largest absolute Gasteiger partial charge is 0.381 e. The molecule has 0 amide bonds. The molecule has 0 spiro atoms. The van der Waals surface area contributed by atoms with Crippen LogP contribution in [0.2, 0.25) is 5.02 Å². The first kappa shape index (κ1) is 14.5. The van der Waals surface area contributed by atoms with Crippen molar-refractivity contribution in [1.29, 1.82) is 0 Å². The molecular formula is C15H24ClN3. The molecule has 1 heterocycles. The van der Waals surface area contributed by atoms with Crippen molar-refractivity contribution in [3.05, 3.63) is 23.2 Å². The maximum Gasteiger partial charge on any atom is 0.0786 e. The summed E-state index contributed by atoms with van der Waals surface area (Å²) in [6.07, 6.45) is 3.75. The van der Waals surface area contributed by atoms with Gasteiger partial charge in [0, 0.05) is 26.2 Å². The second-order valence-electron chi connectivity index (χ2n) is 5.60. The highest BCUT2D eigenvalue weighted by molar-refractivity contribution is 6.34. The molecule has 3 nitrogen and oxygen atoms in total. The Kier molecular flexibility index (Phi) is 4.94. The van der Waals surface area contributed by atoms with Crippen LogP contribution in [0.4, 0.5) is 11.4 Å². The molecule has 1 fully saturated rings. The van der Waals surface area contributed by atoms with Crippen LogP contribution in [0.3, 0.4) is 0 Å². The fourth-order valence-corrected chi connectivity index (χ4v) is 3.14. The molecule has 1 saturated heterocycles. The highest BCUT2D eigenvalue weighted by atomic mass is 35.5. The predicted octanol–water partition coefficient (Wildman–Crippen LogP) is 3.35. The lowest BCUT2D eigenvalue weighted by atomic mass is 10.1. The zero-order valence-corrected chi connectivity index (χ0v) is 12.8. The topological polar surface area (TPSA) is 27.3 Å². The Morgan fingerprint density at radius 1 is 1.47 bits per heavy atom. The Morgan fingerprint density at radius 2 is 2.26 bits per heavy atom. The van der Waals surface area contributed by atoms with E-state index in [9.17, 15) is 0 Å². The lowest BCUT2D eigenvalue weighted by Crippen LogP contribution is -2.29. The summed E-state index contributed by atoms with van der Waals surface area (Å²) in [6, 6.07) is 7.13. The van der Waals surface area contributed by atoms with Crippen LogP contribution in [0.25, 0.3) is 0 Å². The fourth-order valence-electron chi connectivity index (χ4n) is 2.80. The summed E-state index contributed by atoms with van der Waals surface area (Å²) >= 11 is 6.28. The second-order valence-corrected chi connectivity index (χ2v) is 6.01.